The smallest absolute Gasteiger partial charge is 0.265 e. The Hall–Kier alpha value is -0.830. The summed E-state index contributed by atoms with van der Waals surface area (Å²) < 4.78 is 0. The molecule has 0 saturated heterocycles. The number of rotatable bonds is 4. The fourth-order valence-electron chi connectivity index (χ4n) is 0.641. The highest BCUT2D eigenvalue weighted by molar-refractivity contribution is 5.91. The molecule has 0 aliphatic heterocycles. The average Bonchev–Trinajstić information content (AvgIpc) is 1.98. The summed E-state index contributed by atoms with van der Waals surface area (Å²) >= 11 is 0. The number of hydroxylamine groups is 1. The van der Waals surface area contributed by atoms with Crippen molar-refractivity contribution in [1.82, 2.24) is 5.48 Å². The molecule has 11 heavy (non-hydrogen) atoms. The number of carbonyl (C=O) groups is 1. The summed E-state index contributed by atoms with van der Waals surface area (Å²) in [6.07, 6.45) is 1.51. The lowest BCUT2D eigenvalue weighted by Crippen LogP contribution is -2.13. The molecule has 0 unspecified atom stereocenters. The SMILES string of the molecule is C=C(CCC(C)C)C(=O)[N]O. The highest BCUT2D eigenvalue weighted by atomic mass is 16.5. The zero-order valence-corrected chi connectivity index (χ0v) is 7.00. The molecule has 0 atom stereocenters. The molecule has 0 bridgehead atoms. The number of carbonyl (C=O) groups excluding carboxylic acids is 1. The van der Waals surface area contributed by atoms with Crippen molar-refractivity contribution in [2.24, 2.45) is 5.92 Å². The van der Waals surface area contributed by atoms with E-state index in [0.717, 1.165) is 6.42 Å². The van der Waals surface area contributed by atoms with Gasteiger partial charge in [-0.1, -0.05) is 25.9 Å². The van der Waals surface area contributed by atoms with Gasteiger partial charge in [-0.2, -0.15) is 0 Å². The monoisotopic (exact) mass is 156 g/mol. The molecule has 1 N–H and O–H groups in total. The Morgan fingerprint density at radius 2 is 2.18 bits per heavy atom. The first-order valence-corrected chi connectivity index (χ1v) is 3.65. The normalized spacial score (nSPS) is 9.82. The van der Waals surface area contributed by atoms with Crippen LogP contribution in [0, 0.1) is 5.92 Å². The predicted octanol–water partition coefficient (Wildman–Crippen LogP) is 1.50. The Kier molecular flexibility index (Phi) is 4.54. The summed E-state index contributed by atoms with van der Waals surface area (Å²) in [6, 6.07) is 0. The first-order valence-electron chi connectivity index (χ1n) is 3.65. The van der Waals surface area contributed by atoms with E-state index in [4.69, 9.17) is 5.21 Å². The molecule has 3 heteroatoms. The molecule has 0 aromatic carbocycles. The molecule has 0 aliphatic rings. The van der Waals surface area contributed by atoms with Gasteiger partial charge in [-0.25, -0.2) is 0 Å². The molecule has 0 fully saturated rings. The van der Waals surface area contributed by atoms with E-state index in [-0.39, 0.29) is 0 Å². The second-order valence-corrected chi connectivity index (χ2v) is 2.94. The minimum atomic E-state index is -0.606. The number of hydrogen-bond acceptors (Lipinski definition) is 2. The third kappa shape index (κ3) is 4.56. The Bertz CT molecular complexity index is 152. The molecule has 0 aliphatic carbocycles. The van der Waals surface area contributed by atoms with Crippen LogP contribution < -0.4 is 5.48 Å². The lowest BCUT2D eigenvalue weighted by molar-refractivity contribution is -0.126. The maximum absolute atomic E-state index is 10.6. The van der Waals surface area contributed by atoms with Gasteiger partial charge in [0, 0.05) is 5.57 Å². The van der Waals surface area contributed by atoms with Crippen LogP contribution in [-0.2, 0) is 4.79 Å². The third-order valence-corrected chi connectivity index (χ3v) is 1.42. The molecule has 0 aromatic rings. The van der Waals surface area contributed by atoms with E-state index in [9.17, 15) is 4.79 Å². The van der Waals surface area contributed by atoms with Crippen LogP contribution in [0.15, 0.2) is 12.2 Å². The van der Waals surface area contributed by atoms with Gasteiger partial charge in [0.25, 0.3) is 5.91 Å². The molecule has 3 nitrogen and oxygen atoms in total. The molecular weight excluding hydrogens is 142 g/mol. The van der Waals surface area contributed by atoms with Crippen molar-refractivity contribution in [3.8, 4) is 0 Å². The summed E-state index contributed by atoms with van der Waals surface area (Å²) in [7, 11) is 0. The highest BCUT2D eigenvalue weighted by Crippen LogP contribution is 2.09. The van der Waals surface area contributed by atoms with E-state index >= 15 is 0 Å². The van der Waals surface area contributed by atoms with Crippen molar-refractivity contribution in [3.05, 3.63) is 12.2 Å². The molecule has 1 radical (unpaired) electrons. The van der Waals surface area contributed by atoms with Gasteiger partial charge in [0.2, 0.25) is 0 Å². The van der Waals surface area contributed by atoms with Crippen molar-refractivity contribution in [2.45, 2.75) is 26.7 Å². The highest BCUT2D eigenvalue weighted by Gasteiger charge is 2.07. The van der Waals surface area contributed by atoms with Crippen LogP contribution in [0.1, 0.15) is 26.7 Å². The quantitative estimate of drug-likeness (QED) is 0.381. The topological polar surface area (TPSA) is 51.4 Å². The van der Waals surface area contributed by atoms with E-state index in [1.54, 1.807) is 0 Å². The third-order valence-electron chi connectivity index (χ3n) is 1.42. The molecule has 0 spiro atoms. The van der Waals surface area contributed by atoms with Gasteiger partial charge in [0.05, 0.1) is 0 Å². The van der Waals surface area contributed by atoms with Crippen LogP contribution in [0.4, 0.5) is 0 Å². The Morgan fingerprint density at radius 1 is 1.64 bits per heavy atom. The molecule has 0 heterocycles. The molecule has 0 rings (SSSR count). The van der Waals surface area contributed by atoms with Gasteiger partial charge in [-0.15, -0.1) is 0 Å². The van der Waals surface area contributed by atoms with E-state index in [1.165, 1.54) is 0 Å². The average molecular weight is 156 g/mol. The van der Waals surface area contributed by atoms with Gasteiger partial charge in [-0.3, -0.25) is 10.0 Å². The maximum Gasteiger partial charge on any atom is 0.295 e. The van der Waals surface area contributed by atoms with Crippen LogP contribution in [0.5, 0.6) is 0 Å². The van der Waals surface area contributed by atoms with Crippen LogP contribution in [0.25, 0.3) is 0 Å². The zero-order chi connectivity index (χ0) is 8.85. The summed E-state index contributed by atoms with van der Waals surface area (Å²) in [5.41, 5.74) is 2.90. The largest absolute Gasteiger partial charge is 0.295 e. The van der Waals surface area contributed by atoms with E-state index in [2.05, 4.69) is 25.9 Å². The van der Waals surface area contributed by atoms with E-state index in [0.29, 0.717) is 17.9 Å². The predicted molar refractivity (Wildman–Crippen MR) is 42.1 cm³/mol. The fourth-order valence-corrected chi connectivity index (χ4v) is 0.641. The minimum absolute atomic E-state index is 0.376. The summed E-state index contributed by atoms with van der Waals surface area (Å²) in [4.78, 5) is 10.6. The minimum Gasteiger partial charge on any atom is -0.265 e. The first-order chi connectivity index (χ1) is 5.07. The van der Waals surface area contributed by atoms with Gasteiger partial charge in [-0.05, 0) is 18.8 Å². The van der Waals surface area contributed by atoms with Crippen molar-refractivity contribution in [1.29, 1.82) is 0 Å². The van der Waals surface area contributed by atoms with E-state index < -0.39 is 5.91 Å². The van der Waals surface area contributed by atoms with Crippen molar-refractivity contribution >= 4 is 5.91 Å². The lowest BCUT2D eigenvalue weighted by Gasteiger charge is -2.03. The maximum atomic E-state index is 10.6. The molecule has 0 saturated carbocycles. The Labute approximate surface area is 67.1 Å². The zero-order valence-electron chi connectivity index (χ0n) is 7.00. The Balaban J connectivity index is 3.61. The summed E-state index contributed by atoms with van der Waals surface area (Å²) in [5, 5.41) is 8.09. The standard InChI is InChI=1S/C8H14NO2/c1-6(2)4-5-7(3)8(10)9-11/h6,11H,3-5H2,1-2H3. The van der Waals surface area contributed by atoms with Crippen LogP contribution in [0.3, 0.4) is 0 Å². The molecule has 0 aromatic heterocycles. The van der Waals surface area contributed by atoms with Crippen molar-refractivity contribution in [3.63, 3.8) is 0 Å². The summed E-state index contributed by atoms with van der Waals surface area (Å²) in [6.45, 7) is 7.62. The van der Waals surface area contributed by atoms with Gasteiger partial charge in [0.1, 0.15) is 0 Å². The van der Waals surface area contributed by atoms with Crippen molar-refractivity contribution < 1.29 is 10.0 Å². The van der Waals surface area contributed by atoms with Crippen LogP contribution in [-0.4, -0.2) is 11.1 Å². The van der Waals surface area contributed by atoms with E-state index in [1.807, 2.05) is 0 Å². The molecular formula is C8H14NO2. The number of nitrogens with zero attached hydrogens (tertiary/aromatic N) is 1. The fraction of sp³-hybridized carbons (Fsp3) is 0.625. The number of amides is 1. The summed E-state index contributed by atoms with van der Waals surface area (Å²) in [5.74, 6) is -0.0658. The van der Waals surface area contributed by atoms with Crippen LogP contribution >= 0.6 is 0 Å². The van der Waals surface area contributed by atoms with Gasteiger partial charge < -0.3 is 0 Å². The Morgan fingerprint density at radius 3 is 2.55 bits per heavy atom. The lowest BCUT2D eigenvalue weighted by atomic mass is 10.0. The number of hydrogen-bond donors (Lipinski definition) is 1. The first kappa shape index (κ1) is 10.2. The van der Waals surface area contributed by atoms with Crippen LogP contribution in [0.2, 0.25) is 0 Å². The second kappa shape index (κ2) is 4.91. The molecule has 63 valence electrons. The van der Waals surface area contributed by atoms with Crippen molar-refractivity contribution in [2.75, 3.05) is 0 Å². The second-order valence-electron chi connectivity index (χ2n) is 2.94. The molecule has 1 amide bonds. The van der Waals surface area contributed by atoms with Gasteiger partial charge >= 0.3 is 0 Å². The van der Waals surface area contributed by atoms with Gasteiger partial charge in [0.15, 0.2) is 0 Å².